The lowest BCUT2D eigenvalue weighted by Crippen LogP contribution is -2.28. The Kier molecular flexibility index (Phi) is 7.66. The van der Waals surface area contributed by atoms with Gasteiger partial charge in [-0.25, -0.2) is 5.32 Å². The van der Waals surface area contributed by atoms with Crippen LogP contribution in [-0.4, -0.2) is 18.0 Å². The van der Waals surface area contributed by atoms with Crippen LogP contribution in [0.1, 0.15) is 64.7 Å². The molecule has 1 aliphatic heterocycles. The van der Waals surface area contributed by atoms with E-state index in [2.05, 4.69) is 30.5 Å². The number of rotatable bonds is 8. The smallest absolute Gasteiger partial charge is 0.0222 e. The van der Waals surface area contributed by atoms with Crippen molar-refractivity contribution in [2.24, 2.45) is 11.8 Å². The Balaban J connectivity index is 1.91. The number of piperidine rings is 1. The first-order chi connectivity index (χ1) is 10.3. The minimum absolute atomic E-state index is 0.827. The van der Waals surface area contributed by atoms with E-state index < -0.39 is 0 Å². The van der Waals surface area contributed by atoms with Crippen LogP contribution in [0.15, 0.2) is 23.8 Å². The lowest BCUT2D eigenvalue weighted by molar-refractivity contribution is 0.239. The van der Waals surface area contributed by atoms with E-state index in [9.17, 15) is 0 Å². The first-order valence-electron chi connectivity index (χ1n) is 8.83. The second kappa shape index (κ2) is 9.53. The van der Waals surface area contributed by atoms with Gasteiger partial charge in [-0.15, -0.1) is 0 Å². The van der Waals surface area contributed by atoms with Gasteiger partial charge in [0.2, 0.25) is 0 Å². The van der Waals surface area contributed by atoms with Gasteiger partial charge in [0.15, 0.2) is 0 Å². The van der Waals surface area contributed by atoms with Crippen LogP contribution in [-0.2, 0) is 0 Å². The maximum absolute atomic E-state index is 5.56. The number of unbranched alkanes of at least 4 members (excludes halogenated alkanes) is 3. The van der Waals surface area contributed by atoms with Crippen LogP contribution in [0.5, 0.6) is 0 Å². The lowest BCUT2D eigenvalue weighted by Gasteiger charge is -2.31. The second-order valence-electron chi connectivity index (χ2n) is 6.57. The summed E-state index contributed by atoms with van der Waals surface area (Å²) < 4.78 is 0. The van der Waals surface area contributed by atoms with E-state index in [1.165, 1.54) is 61.8 Å². The molecule has 2 aliphatic rings. The molecule has 2 heteroatoms. The van der Waals surface area contributed by atoms with E-state index in [-0.39, 0.29) is 0 Å². The molecule has 1 unspecified atom stereocenters. The molecule has 0 saturated carbocycles. The Bertz CT molecular complexity index is 377. The van der Waals surface area contributed by atoms with Crippen molar-refractivity contribution < 1.29 is 0 Å². The highest BCUT2D eigenvalue weighted by molar-refractivity contribution is 7.80. The summed E-state index contributed by atoms with van der Waals surface area (Å²) in [6, 6.07) is 0. The fourth-order valence-corrected chi connectivity index (χ4v) is 3.87. The fourth-order valence-electron chi connectivity index (χ4n) is 3.63. The normalized spacial score (nSPS) is 21.4. The molecular formula is C19H30NS. The average Bonchev–Trinajstić information content (AvgIpc) is 2.53. The summed E-state index contributed by atoms with van der Waals surface area (Å²) in [5.41, 5.74) is 1.44. The average molecular weight is 305 g/mol. The van der Waals surface area contributed by atoms with Gasteiger partial charge < -0.3 is 0 Å². The van der Waals surface area contributed by atoms with Crippen LogP contribution in [0.25, 0.3) is 0 Å². The van der Waals surface area contributed by atoms with Gasteiger partial charge in [0.25, 0.3) is 0 Å². The van der Waals surface area contributed by atoms with Crippen molar-refractivity contribution in [2.45, 2.75) is 64.7 Å². The minimum Gasteiger partial charge on any atom is -0.242 e. The number of thiocarbonyl (C=S) groups is 1. The Morgan fingerprint density at radius 1 is 1.24 bits per heavy atom. The Labute approximate surface area is 136 Å². The molecular weight excluding hydrogens is 274 g/mol. The minimum atomic E-state index is 0.827. The molecule has 0 spiro atoms. The van der Waals surface area contributed by atoms with Crippen LogP contribution < -0.4 is 5.32 Å². The predicted molar refractivity (Wildman–Crippen MR) is 95.9 cm³/mol. The van der Waals surface area contributed by atoms with Gasteiger partial charge in [-0.2, -0.15) is 0 Å². The van der Waals surface area contributed by atoms with Gasteiger partial charge in [0.05, 0.1) is 0 Å². The zero-order chi connectivity index (χ0) is 14.9. The first kappa shape index (κ1) is 16.9. The zero-order valence-electron chi connectivity index (χ0n) is 13.5. The van der Waals surface area contributed by atoms with E-state index in [1.807, 2.05) is 0 Å². The summed E-state index contributed by atoms with van der Waals surface area (Å²) in [5, 5.41) is 4.53. The third kappa shape index (κ3) is 5.67. The monoisotopic (exact) mass is 304 g/mol. The van der Waals surface area contributed by atoms with Crippen molar-refractivity contribution in [1.82, 2.24) is 5.32 Å². The Morgan fingerprint density at radius 3 is 2.76 bits per heavy atom. The number of hydrogen-bond acceptors (Lipinski definition) is 1. The summed E-state index contributed by atoms with van der Waals surface area (Å²) in [6.45, 7) is 4.46. The van der Waals surface area contributed by atoms with Crippen molar-refractivity contribution >= 4 is 17.1 Å². The molecule has 0 aromatic heterocycles. The molecule has 1 atom stereocenters. The van der Waals surface area contributed by atoms with Crippen molar-refractivity contribution in [2.75, 3.05) is 13.1 Å². The Morgan fingerprint density at radius 2 is 2.05 bits per heavy atom. The van der Waals surface area contributed by atoms with Gasteiger partial charge >= 0.3 is 0 Å². The summed E-state index contributed by atoms with van der Waals surface area (Å²) in [4.78, 5) is 1.18. The Hall–Kier alpha value is -0.470. The second-order valence-corrected chi connectivity index (χ2v) is 7.06. The number of nitrogens with zero attached hydrogens (tertiary/aromatic N) is 1. The van der Waals surface area contributed by atoms with Crippen LogP contribution in [0.3, 0.4) is 0 Å². The highest BCUT2D eigenvalue weighted by Crippen LogP contribution is 2.33. The quantitative estimate of drug-likeness (QED) is 0.442. The molecule has 1 radical (unpaired) electrons. The number of hydrogen-bond donors (Lipinski definition) is 0. The zero-order valence-corrected chi connectivity index (χ0v) is 14.3. The summed E-state index contributed by atoms with van der Waals surface area (Å²) >= 11 is 5.56. The van der Waals surface area contributed by atoms with E-state index in [0.29, 0.717) is 0 Å². The third-order valence-electron chi connectivity index (χ3n) is 4.99. The maximum Gasteiger partial charge on any atom is 0.0222 e. The van der Waals surface area contributed by atoms with Gasteiger partial charge in [-0.1, -0.05) is 63.1 Å². The lowest BCUT2D eigenvalue weighted by atomic mass is 9.77. The molecule has 2 rings (SSSR count). The number of allylic oxidation sites excluding steroid dienone is 4. The SMILES string of the molecule is CCCCCCC(CC1=CC=CCC1=S)C1CC[N]CC1. The third-order valence-corrected chi connectivity index (χ3v) is 5.42. The molecule has 1 heterocycles. The maximum atomic E-state index is 5.56. The van der Waals surface area contributed by atoms with Crippen LogP contribution in [0.2, 0.25) is 0 Å². The predicted octanol–water partition coefficient (Wildman–Crippen LogP) is 5.23. The molecule has 0 amide bonds. The van der Waals surface area contributed by atoms with Crippen molar-refractivity contribution in [3.8, 4) is 0 Å². The fraction of sp³-hybridized carbons (Fsp3) is 0.737. The van der Waals surface area contributed by atoms with Gasteiger partial charge in [-0.3, -0.25) is 0 Å². The van der Waals surface area contributed by atoms with E-state index >= 15 is 0 Å². The van der Waals surface area contributed by atoms with Crippen LogP contribution >= 0.6 is 12.2 Å². The van der Waals surface area contributed by atoms with Crippen LogP contribution in [0, 0.1) is 11.8 Å². The van der Waals surface area contributed by atoms with Gasteiger partial charge in [0.1, 0.15) is 0 Å². The molecule has 1 saturated heterocycles. The molecule has 1 fully saturated rings. The molecule has 0 aromatic rings. The molecule has 1 nitrogen and oxygen atoms in total. The van der Waals surface area contributed by atoms with Crippen LogP contribution in [0.4, 0.5) is 0 Å². The van der Waals surface area contributed by atoms with Crippen molar-refractivity contribution in [3.63, 3.8) is 0 Å². The first-order valence-corrected chi connectivity index (χ1v) is 9.24. The van der Waals surface area contributed by atoms with Gasteiger partial charge in [0, 0.05) is 24.4 Å². The molecule has 1 aliphatic carbocycles. The van der Waals surface area contributed by atoms with Crippen molar-refractivity contribution in [3.05, 3.63) is 23.8 Å². The van der Waals surface area contributed by atoms with E-state index in [1.54, 1.807) is 0 Å². The largest absolute Gasteiger partial charge is 0.242 e. The standard InChI is InChI=1S/C19H30NS/c1-2-3-4-5-8-17(16-11-13-20-14-12-16)15-18-9-6-7-10-19(18)21/h6-7,9,16-17H,2-5,8,10-15H2,1H3. The summed E-state index contributed by atoms with van der Waals surface area (Å²) in [6.07, 6.45) is 18.3. The summed E-state index contributed by atoms with van der Waals surface area (Å²) in [5.74, 6) is 1.70. The molecule has 21 heavy (non-hydrogen) atoms. The molecule has 117 valence electrons. The van der Waals surface area contributed by atoms with Gasteiger partial charge in [-0.05, 0) is 43.1 Å². The van der Waals surface area contributed by atoms with E-state index in [4.69, 9.17) is 12.2 Å². The topological polar surface area (TPSA) is 14.1 Å². The molecule has 0 bridgehead atoms. The van der Waals surface area contributed by atoms with E-state index in [0.717, 1.165) is 31.3 Å². The van der Waals surface area contributed by atoms with Crippen molar-refractivity contribution in [1.29, 1.82) is 0 Å². The highest BCUT2D eigenvalue weighted by atomic mass is 32.1. The molecule has 0 aromatic carbocycles. The summed E-state index contributed by atoms with van der Waals surface area (Å²) in [7, 11) is 0. The highest BCUT2D eigenvalue weighted by Gasteiger charge is 2.25. The molecule has 0 N–H and O–H groups in total.